The number of furan rings is 1. The van der Waals surface area contributed by atoms with Gasteiger partial charge in [0.15, 0.2) is 5.76 Å². The summed E-state index contributed by atoms with van der Waals surface area (Å²) in [7, 11) is 0. The van der Waals surface area contributed by atoms with E-state index in [9.17, 15) is 4.79 Å². The fraction of sp³-hybridized carbons (Fsp3) is 0.438. The molecule has 1 aromatic carbocycles. The second kappa shape index (κ2) is 6.80. The van der Waals surface area contributed by atoms with Crippen molar-refractivity contribution in [1.82, 2.24) is 5.32 Å². The Morgan fingerprint density at radius 1 is 1.30 bits per heavy atom. The maximum atomic E-state index is 12.1. The number of carbonyl (C=O) groups excluding carboxylic acids is 1. The highest BCUT2D eigenvalue weighted by molar-refractivity contribution is 6.21. The van der Waals surface area contributed by atoms with Gasteiger partial charge in [0.1, 0.15) is 5.58 Å². The summed E-state index contributed by atoms with van der Waals surface area (Å²) < 4.78 is 5.52. The van der Waals surface area contributed by atoms with Crippen molar-refractivity contribution in [3.63, 3.8) is 0 Å². The van der Waals surface area contributed by atoms with Crippen molar-refractivity contribution in [3.8, 4) is 0 Å². The molecule has 0 bridgehead atoms. The van der Waals surface area contributed by atoms with Gasteiger partial charge in [0.05, 0.1) is 5.38 Å². The minimum absolute atomic E-state index is 0.0432. The number of hydrogen-bond donors (Lipinski definition) is 1. The molecule has 1 amide bonds. The zero-order valence-corrected chi connectivity index (χ0v) is 12.6. The second-order valence-electron chi connectivity index (χ2n) is 4.95. The monoisotopic (exact) mass is 293 g/mol. The molecule has 108 valence electrons. The average molecular weight is 294 g/mol. The number of amides is 1. The van der Waals surface area contributed by atoms with Crippen molar-refractivity contribution < 1.29 is 9.21 Å². The van der Waals surface area contributed by atoms with E-state index in [4.69, 9.17) is 16.0 Å². The van der Waals surface area contributed by atoms with Crippen LogP contribution in [-0.2, 0) is 0 Å². The van der Waals surface area contributed by atoms with Crippen LogP contribution in [0.4, 0.5) is 0 Å². The molecule has 0 radical (unpaired) electrons. The zero-order valence-electron chi connectivity index (χ0n) is 11.9. The molecule has 0 aliphatic heterocycles. The molecule has 0 fully saturated rings. The van der Waals surface area contributed by atoms with E-state index >= 15 is 0 Å². The smallest absolute Gasteiger partial charge is 0.287 e. The van der Waals surface area contributed by atoms with Crippen LogP contribution in [0.1, 0.15) is 37.2 Å². The molecule has 1 aromatic heterocycles. The second-order valence-corrected chi connectivity index (χ2v) is 5.51. The van der Waals surface area contributed by atoms with Gasteiger partial charge in [0, 0.05) is 11.9 Å². The topological polar surface area (TPSA) is 42.2 Å². The van der Waals surface area contributed by atoms with Crippen LogP contribution >= 0.6 is 11.6 Å². The van der Waals surface area contributed by atoms with Crippen LogP contribution in [0.3, 0.4) is 0 Å². The number of carbonyl (C=O) groups is 1. The van der Waals surface area contributed by atoms with Crippen molar-refractivity contribution in [2.24, 2.45) is 5.92 Å². The molecule has 0 spiro atoms. The fourth-order valence-corrected chi connectivity index (χ4v) is 2.77. The van der Waals surface area contributed by atoms with Crippen LogP contribution in [0.5, 0.6) is 0 Å². The summed E-state index contributed by atoms with van der Waals surface area (Å²) >= 11 is 6.31. The molecule has 1 unspecified atom stereocenters. The molecule has 4 heteroatoms. The summed E-state index contributed by atoms with van der Waals surface area (Å²) in [5, 5.41) is 3.73. The Labute approximate surface area is 124 Å². The van der Waals surface area contributed by atoms with E-state index in [1.807, 2.05) is 24.3 Å². The summed E-state index contributed by atoms with van der Waals surface area (Å²) in [6.07, 6.45) is 2.04. The zero-order chi connectivity index (χ0) is 14.5. The van der Waals surface area contributed by atoms with Gasteiger partial charge in [-0.2, -0.15) is 0 Å². The van der Waals surface area contributed by atoms with E-state index in [1.165, 1.54) is 0 Å². The SMILES string of the molecule is CCC(CC)C(Cl)CNC(=O)c1cc2ccccc2o1. The fourth-order valence-electron chi connectivity index (χ4n) is 2.34. The first-order valence-electron chi connectivity index (χ1n) is 7.06. The van der Waals surface area contributed by atoms with Gasteiger partial charge in [0.2, 0.25) is 0 Å². The molecule has 1 heterocycles. The summed E-state index contributed by atoms with van der Waals surface area (Å²) in [6.45, 7) is 4.69. The third-order valence-electron chi connectivity index (χ3n) is 3.67. The van der Waals surface area contributed by atoms with E-state index in [0.717, 1.165) is 23.8 Å². The lowest BCUT2D eigenvalue weighted by Gasteiger charge is -2.19. The lowest BCUT2D eigenvalue weighted by molar-refractivity contribution is 0.0926. The van der Waals surface area contributed by atoms with Crippen LogP contribution in [-0.4, -0.2) is 17.8 Å². The van der Waals surface area contributed by atoms with Gasteiger partial charge in [-0.25, -0.2) is 0 Å². The molecule has 1 N–H and O–H groups in total. The highest BCUT2D eigenvalue weighted by Crippen LogP contribution is 2.20. The quantitative estimate of drug-likeness (QED) is 0.811. The molecule has 0 saturated carbocycles. The first kappa shape index (κ1) is 14.9. The molecular weight excluding hydrogens is 274 g/mol. The molecule has 0 saturated heterocycles. The van der Waals surface area contributed by atoms with E-state index in [-0.39, 0.29) is 11.3 Å². The van der Waals surface area contributed by atoms with Crippen molar-refractivity contribution in [2.75, 3.05) is 6.54 Å². The number of fused-ring (bicyclic) bond motifs is 1. The van der Waals surface area contributed by atoms with Crippen molar-refractivity contribution >= 4 is 28.5 Å². The normalized spacial score (nSPS) is 12.8. The van der Waals surface area contributed by atoms with Gasteiger partial charge >= 0.3 is 0 Å². The third-order valence-corrected chi connectivity index (χ3v) is 4.18. The lowest BCUT2D eigenvalue weighted by atomic mass is 9.99. The standard InChI is InChI=1S/C16H20ClNO2/c1-3-11(4-2)13(17)10-18-16(19)15-9-12-7-5-6-8-14(12)20-15/h5-9,11,13H,3-4,10H2,1-2H3,(H,18,19). The van der Waals surface area contributed by atoms with Gasteiger partial charge in [-0.1, -0.05) is 44.9 Å². The minimum atomic E-state index is -0.210. The van der Waals surface area contributed by atoms with Crippen LogP contribution in [0, 0.1) is 5.92 Å². The van der Waals surface area contributed by atoms with Gasteiger partial charge in [-0.3, -0.25) is 4.79 Å². The number of rotatable bonds is 6. The predicted octanol–water partition coefficient (Wildman–Crippen LogP) is 4.21. The Kier molecular flexibility index (Phi) is 5.07. The van der Waals surface area contributed by atoms with Crippen LogP contribution in [0.2, 0.25) is 0 Å². The summed E-state index contributed by atoms with van der Waals surface area (Å²) in [6, 6.07) is 9.33. The van der Waals surface area contributed by atoms with Crippen molar-refractivity contribution in [2.45, 2.75) is 32.1 Å². The summed E-state index contributed by atoms with van der Waals surface area (Å²) in [5.74, 6) is 0.546. The Morgan fingerprint density at radius 3 is 2.65 bits per heavy atom. The molecule has 2 aromatic rings. The lowest BCUT2D eigenvalue weighted by Crippen LogP contribution is -2.32. The highest BCUT2D eigenvalue weighted by Gasteiger charge is 2.18. The van der Waals surface area contributed by atoms with Crippen LogP contribution in [0.25, 0.3) is 11.0 Å². The first-order valence-corrected chi connectivity index (χ1v) is 7.50. The number of halogens is 1. The predicted molar refractivity (Wildman–Crippen MR) is 82.3 cm³/mol. The molecule has 0 aliphatic carbocycles. The number of alkyl halides is 1. The maximum absolute atomic E-state index is 12.1. The Morgan fingerprint density at radius 2 is 2.00 bits per heavy atom. The molecule has 2 rings (SSSR count). The van der Waals surface area contributed by atoms with Gasteiger partial charge in [0.25, 0.3) is 5.91 Å². The molecule has 1 atom stereocenters. The molecular formula is C16H20ClNO2. The largest absolute Gasteiger partial charge is 0.451 e. The third kappa shape index (κ3) is 3.34. The maximum Gasteiger partial charge on any atom is 0.287 e. The number of para-hydroxylation sites is 1. The number of hydrogen-bond acceptors (Lipinski definition) is 2. The number of benzene rings is 1. The minimum Gasteiger partial charge on any atom is -0.451 e. The Hall–Kier alpha value is -1.48. The summed E-state index contributed by atoms with van der Waals surface area (Å²) in [4.78, 5) is 12.1. The van der Waals surface area contributed by atoms with E-state index in [1.54, 1.807) is 6.07 Å². The van der Waals surface area contributed by atoms with E-state index < -0.39 is 0 Å². The number of nitrogens with one attached hydrogen (secondary N) is 1. The highest BCUT2D eigenvalue weighted by atomic mass is 35.5. The average Bonchev–Trinajstić information content (AvgIpc) is 2.90. The van der Waals surface area contributed by atoms with Gasteiger partial charge in [-0.15, -0.1) is 11.6 Å². The summed E-state index contributed by atoms with van der Waals surface area (Å²) in [5.41, 5.74) is 0.722. The van der Waals surface area contributed by atoms with E-state index in [2.05, 4.69) is 19.2 Å². The van der Waals surface area contributed by atoms with Crippen LogP contribution < -0.4 is 5.32 Å². The van der Waals surface area contributed by atoms with Crippen molar-refractivity contribution in [1.29, 1.82) is 0 Å². The molecule has 3 nitrogen and oxygen atoms in total. The Balaban J connectivity index is 1.98. The van der Waals surface area contributed by atoms with Crippen LogP contribution in [0.15, 0.2) is 34.7 Å². The molecule has 20 heavy (non-hydrogen) atoms. The van der Waals surface area contributed by atoms with E-state index in [0.29, 0.717) is 18.2 Å². The van der Waals surface area contributed by atoms with Crippen molar-refractivity contribution in [3.05, 3.63) is 36.1 Å². The molecule has 0 aliphatic rings. The van der Waals surface area contributed by atoms with Gasteiger partial charge in [-0.05, 0) is 18.1 Å². The van der Waals surface area contributed by atoms with Gasteiger partial charge < -0.3 is 9.73 Å². The Bertz CT molecular complexity index is 542. The first-order chi connectivity index (χ1) is 9.65.